The van der Waals surface area contributed by atoms with Crippen LogP contribution in [0.4, 0.5) is 5.69 Å². The van der Waals surface area contributed by atoms with Crippen LogP contribution < -0.4 is 5.73 Å². The minimum atomic E-state index is 0.622. The summed E-state index contributed by atoms with van der Waals surface area (Å²) in [5, 5.41) is 0. The van der Waals surface area contributed by atoms with E-state index in [-0.39, 0.29) is 0 Å². The van der Waals surface area contributed by atoms with Gasteiger partial charge in [-0.25, -0.2) is 4.98 Å². The number of benzene rings is 1. The maximum absolute atomic E-state index is 5.78. The Bertz CT molecular complexity index is 472. The van der Waals surface area contributed by atoms with Gasteiger partial charge in [-0.15, -0.1) is 0 Å². The number of imidazole rings is 1. The fraction of sp³-hybridized carbons (Fsp3) is 0.308. The summed E-state index contributed by atoms with van der Waals surface area (Å²) in [4.78, 5) is 4.20. The van der Waals surface area contributed by atoms with Crippen LogP contribution in [0.1, 0.15) is 19.5 Å². The Balaban J connectivity index is 2.37. The van der Waals surface area contributed by atoms with Gasteiger partial charge in [0.25, 0.3) is 0 Å². The number of nitrogen functional groups attached to an aromatic ring is 1. The largest absolute Gasteiger partial charge is 0.399 e. The van der Waals surface area contributed by atoms with E-state index in [1.54, 1.807) is 0 Å². The minimum absolute atomic E-state index is 0.622. The smallest absolute Gasteiger partial charge is 0.0994 e. The summed E-state index contributed by atoms with van der Waals surface area (Å²) in [6, 6.07) is 7.86. The van der Waals surface area contributed by atoms with Gasteiger partial charge >= 0.3 is 0 Å². The van der Waals surface area contributed by atoms with Gasteiger partial charge < -0.3 is 10.3 Å². The predicted octanol–water partition coefficient (Wildman–Crippen LogP) is 2.65. The third-order valence-electron chi connectivity index (χ3n) is 2.48. The van der Waals surface area contributed by atoms with Gasteiger partial charge in [-0.05, 0) is 30.5 Å². The van der Waals surface area contributed by atoms with Crippen molar-refractivity contribution >= 4 is 5.69 Å². The standard InChI is InChI=1S/C13H17N3/c1-10(2)6-13-8-15-9-16(13)12-5-3-4-11(14)7-12/h3-5,7-10H,6,14H2,1-2H3. The van der Waals surface area contributed by atoms with Crippen molar-refractivity contribution in [2.75, 3.05) is 5.73 Å². The van der Waals surface area contributed by atoms with Crippen molar-refractivity contribution in [2.24, 2.45) is 5.92 Å². The van der Waals surface area contributed by atoms with Gasteiger partial charge in [0.05, 0.1) is 6.33 Å². The average Bonchev–Trinajstić information content (AvgIpc) is 2.65. The summed E-state index contributed by atoms with van der Waals surface area (Å²) in [5.41, 5.74) is 8.86. The first-order valence-electron chi connectivity index (χ1n) is 5.54. The monoisotopic (exact) mass is 215 g/mol. The van der Waals surface area contributed by atoms with E-state index in [4.69, 9.17) is 5.73 Å². The summed E-state index contributed by atoms with van der Waals surface area (Å²) in [6.45, 7) is 4.41. The number of hydrogen-bond acceptors (Lipinski definition) is 2. The van der Waals surface area contributed by atoms with Crippen LogP contribution in [0.15, 0.2) is 36.8 Å². The zero-order valence-electron chi connectivity index (χ0n) is 9.72. The second kappa shape index (κ2) is 4.39. The second-order valence-corrected chi connectivity index (χ2v) is 4.45. The highest BCUT2D eigenvalue weighted by Gasteiger charge is 2.06. The summed E-state index contributed by atoms with van der Waals surface area (Å²) in [5.74, 6) is 0.622. The van der Waals surface area contributed by atoms with Crippen molar-refractivity contribution < 1.29 is 0 Å². The fourth-order valence-electron chi connectivity index (χ4n) is 1.80. The van der Waals surface area contributed by atoms with Crippen LogP contribution in [0.3, 0.4) is 0 Å². The number of nitrogens with two attached hydrogens (primary N) is 1. The highest BCUT2D eigenvalue weighted by atomic mass is 15.0. The van der Waals surface area contributed by atoms with Crippen molar-refractivity contribution in [3.63, 3.8) is 0 Å². The number of aromatic nitrogens is 2. The number of rotatable bonds is 3. The zero-order chi connectivity index (χ0) is 11.5. The molecule has 0 aliphatic rings. The molecule has 3 nitrogen and oxygen atoms in total. The van der Waals surface area contributed by atoms with E-state index in [9.17, 15) is 0 Å². The van der Waals surface area contributed by atoms with E-state index in [1.807, 2.05) is 36.8 Å². The van der Waals surface area contributed by atoms with Crippen LogP contribution in [-0.2, 0) is 6.42 Å². The zero-order valence-corrected chi connectivity index (χ0v) is 9.72. The van der Waals surface area contributed by atoms with Gasteiger partial charge in [-0.2, -0.15) is 0 Å². The summed E-state index contributed by atoms with van der Waals surface area (Å²) in [7, 11) is 0. The van der Waals surface area contributed by atoms with Crippen LogP contribution in [0.25, 0.3) is 5.69 Å². The molecule has 3 heteroatoms. The lowest BCUT2D eigenvalue weighted by Crippen LogP contribution is -2.03. The topological polar surface area (TPSA) is 43.8 Å². The molecule has 1 aromatic heterocycles. The molecule has 0 saturated heterocycles. The molecule has 0 spiro atoms. The predicted molar refractivity (Wildman–Crippen MR) is 66.5 cm³/mol. The van der Waals surface area contributed by atoms with Crippen molar-refractivity contribution in [1.29, 1.82) is 0 Å². The molecule has 84 valence electrons. The van der Waals surface area contributed by atoms with E-state index in [1.165, 1.54) is 5.69 Å². The molecule has 16 heavy (non-hydrogen) atoms. The van der Waals surface area contributed by atoms with Crippen LogP contribution in [0.2, 0.25) is 0 Å². The Labute approximate surface area is 95.9 Å². The molecule has 0 bridgehead atoms. The molecule has 0 radical (unpaired) electrons. The highest BCUT2D eigenvalue weighted by molar-refractivity contribution is 5.48. The van der Waals surface area contributed by atoms with E-state index < -0.39 is 0 Å². The van der Waals surface area contributed by atoms with Crippen LogP contribution >= 0.6 is 0 Å². The van der Waals surface area contributed by atoms with Gasteiger partial charge in [0.2, 0.25) is 0 Å². The number of anilines is 1. The Kier molecular flexibility index (Phi) is 2.95. The van der Waals surface area contributed by atoms with Crippen molar-refractivity contribution in [3.8, 4) is 5.69 Å². The van der Waals surface area contributed by atoms with Crippen molar-refractivity contribution in [2.45, 2.75) is 20.3 Å². The molecule has 0 atom stereocenters. The lowest BCUT2D eigenvalue weighted by atomic mass is 10.1. The third-order valence-corrected chi connectivity index (χ3v) is 2.48. The van der Waals surface area contributed by atoms with Gasteiger partial charge in [0.1, 0.15) is 0 Å². The van der Waals surface area contributed by atoms with Crippen molar-refractivity contribution in [3.05, 3.63) is 42.5 Å². The van der Waals surface area contributed by atoms with Crippen LogP contribution in [0.5, 0.6) is 0 Å². The molecule has 0 amide bonds. The summed E-state index contributed by atoms with van der Waals surface area (Å²) >= 11 is 0. The first-order chi connectivity index (χ1) is 7.66. The number of nitrogens with zero attached hydrogens (tertiary/aromatic N) is 2. The Morgan fingerprint density at radius 3 is 2.88 bits per heavy atom. The molecule has 2 rings (SSSR count). The molecule has 0 saturated carbocycles. The van der Waals surface area contributed by atoms with E-state index in [2.05, 4.69) is 23.4 Å². The summed E-state index contributed by atoms with van der Waals surface area (Å²) < 4.78 is 2.09. The molecular weight excluding hydrogens is 198 g/mol. The lowest BCUT2D eigenvalue weighted by Gasteiger charge is -2.10. The molecule has 2 N–H and O–H groups in total. The molecule has 1 heterocycles. The first kappa shape index (κ1) is 10.7. The maximum Gasteiger partial charge on any atom is 0.0994 e. The molecular formula is C13H17N3. The minimum Gasteiger partial charge on any atom is -0.399 e. The normalized spacial score (nSPS) is 10.9. The maximum atomic E-state index is 5.78. The van der Waals surface area contributed by atoms with Crippen molar-refractivity contribution in [1.82, 2.24) is 9.55 Å². The lowest BCUT2D eigenvalue weighted by molar-refractivity contribution is 0.627. The molecule has 0 unspecified atom stereocenters. The van der Waals surface area contributed by atoms with Gasteiger partial charge in [-0.1, -0.05) is 19.9 Å². The first-order valence-corrected chi connectivity index (χ1v) is 5.54. The average molecular weight is 215 g/mol. The summed E-state index contributed by atoms with van der Waals surface area (Å²) in [6.07, 6.45) is 4.78. The molecule has 2 aromatic rings. The SMILES string of the molecule is CC(C)Cc1cncn1-c1cccc(N)c1. The van der Waals surface area contributed by atoms with E-state index in [0.29, 0.717) is 5.92 Å². The third kappa shape index (κ3) is 2.24. The van der Waals surface area contributed by atoms with Crippen LogP contribution in [0, 0.1) is 5.92 Å². The fourth-order valence-corrected chi connectivity index (χ4v) is 1.80. The highest BCUT2D eigenvalue weighted by Crippen LogP contribution is 2.16. The van der Waals surface area contributed by atoms with Gasteiger partial charge in [0, 0.05) is 23.3 Å². The van der Waals surface area contributed by atoms with Crippen LogP contribution in [-0.4, -0.2) is 9.55 Å². The quantitative estimate of drug-likeness (QED) is 0.800. The number of hydrogen-bond donors (Lipinski definition) is 1. The van der Waals surface area contributed by atoms with Gasteiger partial charge in [-0.3, -0.25) is 0 Å². The molecule has 0 aliphatic heterocycles. The Hall–Kier alpha value is -1.77. The molecule has 0 fully saturated rings. The Morgan fingerprint density at radius 1 is 1.38 bits per heavy atom. The second-order valence-electron chi connectivity index (χ2n) is 4.45. The van der Waals surface area contributed by atoms with Gasteiger partial charge in [0.15, 0.2) is 0 Å². The van der Waals surface area contributed by atoms with E-state index >= 15 is 0 Å². The Morgan fingerprint density at radius 2 is 2.19 bits per heavy atom. The molecule has 0 aliphatic carbocycles. The van der Waals surface area contributed by atoms with E-state index in [0.717, 1.165) is 17.8 Å². The molecule has 1 aromatic carbocycles.